The SMILES string of the molecule is Cc1c(-c2cc3cc(OCc4c(Cl)cccc4Cl)ccc3o2)oc(=O)c(C)c1O. The molecule has 1 N–H and O–H groups in total. The molecule has 4 rings (SSSR count). The summed E-state index contributed by atoms with van der Waals surface area (Å²) in [4.78, 5) is 11.9. The van der Waals surface area contributed by atoms with Crippen LogP contribution in [-0.4, -0.2) is 5.11 Å². The molecule has 0 amide bonds. The van der Waals surface area contributed by atoms with E-state index in [1.807, 2.05) is 0 Å². The van der Waals surface area contributed by atoms with Gasteiger partial charge in [0, 0.05) is 26.6 Å². The summed E-state index contributed by atoms with van der Waals surface area (Å²) < 4.78 is 17.0. The van der Waals surface area contributed by atoms with Crippen LogP contribution in [-0.2, 0) is 6.61 Å². The Balaban J connectivity index is 1.66. The van der Waals surface area contributed by atoms with E-state index in [2.05, 4.69) is 0 Å². The highest BCUT2D eigenvalue weighted by Crippen LogP contribution is 2.35. The maximum Gasteiger partial charge on any atom is 0.343 e. The largest absolute Gasteiger partial charge is 0.507 e. The van der Waals surface area contributed by atoms with E-state index in [9.17, 15) is 9.90 Å². The maximum absolute atomic E-state index is 11.9. The van der Waals surface area contributed by atoms with Gasteiger partial charge in [0.05, 0.1) is 5.56 Å². The Kier molecular flexibility index (Phi) is 5.03. The van der Waals surface area contributed by atoms with Gasteiger partial charge in [0.1, 0.15) is 23.7 Å². The molecule has 0 fully saturated rings. The van der Waals surface area contributed by atoms with Crippen LogP contribution in [0.4, 0.5) is 0 Å². The molecule has 0 aliphatic heterocycles. The van der Waals surface area contributed by atoms with E-state index in [1.54, 1.807) is 49.4 Å². The molecule has 0 aliphatic carbocycles. The molecule has 4 aromatic rings. The van der Waals surface area contributed by atoms with Gasteiger partial charge < -0.3 is 18.7 Å². The number of benzene rings is 2. The highest BCUT2D eigenvalue weighted by molar-refractivity contribution is 6.35. The van der Waals surface area contributed by atoms with Crippen molar-refractivity contribution >= 4 is 34.2 Å². The third kappa shape index (κ3) is 3.59. The molecule has 29 heavy (non-hydrogen) atoms. The van der Waals surface area contributed by atoms with E-state index in [0.29, 0.717) is 38.3 Å². The fourth-order valence-corrected chi connectivity index (χ4v) is 3.52. The minimum Gasteiger partial charge on any atom is -0.507 e. The average molecular weight is 431 g/mol. The first-order chi connectivity index (χ1) is 13.8. The van der Waals surface area contributed by atoms with Crippen molar-refractivity contribution in [2.24, 2.45) is 0 Å². The zero-order chi connectivity index (χ0) is 20.7. The van der Waals surface area contributed by atoms with Crippen molar-refractivity contribution in [3.63, 3.8) is 0 Å². The Hall–Kier alpha value is -2.89. The molecule has 0 saturated heterocycles. The predicted molar refractivity (Wildman–Crippen MR) is 112 cm³/mol. The van der Waals surface area contributed by atoms with Crippen molar-refractivity contribution in [1.82, 2.24) is 0 Å². The Labute approximate surface area is 176 Å². The fourth-order valence-electron chi connectivity index (χ4n) is 3.02. The Morgan fingerprint density at radius 3 is 2.45 bits per heavy atom. The second kappa shape index (κ2) is 7.50. The summed E-state index contributed by atoms with van der Waals surface area (Å²) >= 11 is 12.4. The molecule has 2 heterocycles. The number of halogens is 2. The summed E-state index contributed by atoms with van der Waals surface area (Å²) in [5, 5.41) is 12.0. The number of hydrogen-bond donors (Lipinski definition) is 1. The van der Waals surface area contributed by atoms with Gasteiger partial charge >= 0.3 is 5.63 Å². The van der Waals surface area contributed by atoms with E-state index in [1.165, 1.54) is 6.92 Å². The van der Waals surface area contributed by atoms with Crippen LogP contribution in [0.3, 0.4) is 0 Å². The highest BCUT2D eigenvalue weighted by atomic mass is 35.5. The molecule has 0 bridgehead atoms. The Bertz CT molecular complexity index is 1270. The van der Waals surface area contributed by atoms with E-state index in [-0.39, 0.29) is 23.7 Å². The Morgan fingerprint density at radius 2 is 1.72 bits per heavy atom. The molecule has 0 spiro atoms. The molecule has 0 atom stereocenters. The molecule has 0 saturated carbocycles. The molecule has 0 aliphatic rings. The van der Waals surface area contributed by atoms with E-state index in [4.69, 9.17) is 36.8 Å². The molecule has 2 aromatic carbocycles. The lowest BCUT2D eigenvalue weighted by Gasteiger charge is -2.09. The standard InChI is InChI=1S/C22H16Cl2O5/c1-11-20(25)12(2)22(26)29-21(11)19-9-13-8-14(6-7-18(13)28-19)27-10-15-16(23)4-3-5-17(15)24/h3-9,25H,10H2,1-2H3. The van der Waals surface area contributed by atoms with Gasteiger partial charge in [0.15, 0.2) is 11.5 Å². The van der Waals surface area contributed by atoms with Crippen LogP contribution >= 0.6 is 23.2 Å². The molecular weight excluding hydrogens is 415 g/mol. The smallest absolute Gasteiger partial charge is 0.343 e. The number of ether oxygens (including phenoxy) is 1. The van der Waals surface area contributed by atoms with Crippen molar-refractivity contribution < 1.29 is 18.7 Å². The number of rotatable bonds is 4. The monoisotopic (exact) mass is 430 g/mol. The normalized spacial score (nSPS) is 11.2. The summed E-state index contributed by atoms with van der Waals surface area (Å²) in [7, 11) is 0. The van der Waals surface area contributed by atoms with Crippen LogP contribution < -0.4 is 10.4 Å². The summed E-state index contributed by atoms with van der Waals surface area (Å²) in [5.74, 6) is 1.04. The highest BCUT2D eigenvalue weighted by Gasteiger charge is 2.18. The van der Waals surface area contributed by atoms with Gasteiger partial charge in [-0.15, -0.1) is 0 Å². The number of furan rings is 1. The molecule has 148 valence electrons. The van der Waals surface area contributed by atoms with Crippen molar-refractivity contribution in [2.45, 2.75) is 20.5 Å². The van der Waals surface area contributed by atoms with Crippen LogP contribution in [0.15, 0.2) is 56.1 Å². The van der Waals surface area contributed by atoms with Gasteiger partial charge in [-0.3, -0.25) is 0 Å². The Morgan fingerprint density at radius 1 is 1.00 bits per heavy atom. The molecule has 2 aromatic heterocycles. The van der Waals surface area contributed by atoms with E-state index in [0.717, 1.165) is 5.39 Å². The molecule has 5 nitrogen and oxygen atoms in total. The predicted octanol–water partition coefficient (Wildman–Crippen LogP) is 6.26. The van der Waals surface area contributed by atoms with Gasteiger partial charge in [-0.1, -0.05) is 29.3 Å². The molecule has 7 heteroatoms. The zero-order valence-electron chi connectivity index (χ0n) is 15.6. The van der Waals surface area contributed by atoms with Crippen LogP contribution in [0.5, 0.6) is 11.5 Å². The third-order valence-corrected chi connectivity index (χ3v) is 5.42. The van der Waals surface area contributed by atoms with E-state index < -0.39 is 5.63 Å². The lowest BCUT2D eigenvalue weighted by molar-refractivity contribution is 0.307. The first-order valence-corrected chi connectivity index (χ1v) is 9.53. The van der Waals surface area contributed by atoms with Crippen LogP contribution in [0.2, 0.25) is 10.0 Å². The second-order valence-electron chi connectivity index (χ2n) is 6.62. The summed E-state index contributed by atoms with van der Waals surface area (Å²) in [6.07, 6.45) is 0. The number of hydrogen-bond acceptors (Lipinski definition) is 5. The van der Waals surface area contributed by atoms with Crippen molar-refractivity contribution in [2.75, 3.05) is 0 Å². The lowest BCUT2D eigenvalue weighted by atomic mass is 10.1. The van der Waals surface area contributed by atoms with Crippen molar-refractivity contribution in [3.05, 3.63) is 79.6 Å². The number of fused-ring (bicyclic) bond motifs is 1. The molecule has 0 unspecified atom stereocenters. The average Bonchev–Trinajstić information content (AvgIpc) is 3.12. The topological polar surface area (TPSA) is 72.8 Å². The summed E-state index contributed by atoms with van der Waals surface area (Å²) in [5.41, 5.74) is 1.29. The minimum absolute atomic E-state index is 0.0997. The molecule has 0 radical (unpaired) electrons. The van der Waals surface area contributed by atoms with Crippen molar-refractivity contribution in [1.29, 1.82) is 0 Å². The van der Waals surface area contributed by atoms with Crippen LogP contribution in [0, 0.1) is 13.8 Å². The van der Waals surface area contributed by atoms with Gasteiger partial charge in [0.2, 0.25) is 0 Å². The number of aromatic hydroxyl groups is 1. The lowest BCUT2D eigenvalue weighted by Crippen LogP contribution is -2.05. The second-order valence-corrected chi connectivity index (χ2v) is 7.43. The van der Waals surface area contributed by atoms with E-state index >= 15 is 0 Å². The quantitative estimate of drug-likeness (QED) is 0.413. The van der Waals surface area contributed by atoms with Crippen LogP contribution in [0.1, 0.15) is 16.7 Å². The van der Waals surface area contributed by atoms with Gasteiger partial charge in [-0.05, 0) is 50.2 Å². The van der Waals surface area contributed by atoms with Gasteiger partial charge in [-0.25, -0.2) is 4.79 Å². The van der Waals surface area contributed by atoms with Crippen LogP contribution in [0.25, 0.3) is 22.5 Å². The summed E-state index contributed by atoms with van der Waals surface area (Å²) in [6, 6.07) is 12.3. The fraction of sp³-hybridized carbons (Fsp3) is 0.136. The zero-order valence-corrected chi connectivity index (χ0v) is 17.1. The minimum atomic E-state index is -0.607. The third-order valence-electron chi connectivity index (χ3n) is 4.71. The van der Waals surface area contributed by atoms with Gasteiger partial charge in [0.25, 0.3) is 0 Å². The van der Waals surface area contributed by atoms with Crippen molar-refractivity contribution in [3.8, 4) is 23.0 Å². The first kappa shape index (κ1) is 19.4. The maximum atomic E-state index is 11.9. The molecular formula is C22H16Cl2O5. The first-order valence-electron chi connectivity index (χ1n) is 8.78. The van der Waals surface area contributed by atoms with Gasteiger partial charge in [-0.2, -0.15) is 0 Å². The summed E-state index contributed by atoms with van der Waals surface area (Å²) in [6.45, 7) is 3.38.